The van der Waals surface area contributed by atoms with E-state index in [0.29, 0.717) is 29.6 Å². The molecule has 9 heteroatoms. The number of nitrogens with zero attached hydrogens (tertiary/aromatic N) is 5. The molecule has 1 saturated heterocycles. The van der Waals surface area contributed by atoms with Gasteiger partial charge in [0.1, 0.15) is 17.2 Å². The van der Waals surface area contributed by atoms with Crippen LogP contribution in [0.1, 0.15) is 51.0 Å². The summed E-state index contributed by atoms with van der Waals surface area (Å²) in [5.74, 6) is 2.65. The van der Waals surface area contributed by atoms with Gasteiger partial charge in [0.25, 0.3) is 0 Å². The molecule has 0 radical (unpaired) electrons. The number of hydrogen-bond acceptors (Lipinski definition) is 9. The number of para-hydroxylation sites is 2. The number of benzene rings is 1. The zero-order valence-corrected chi connectivity index (χ0v) is 22.2. The Labute approximate surface area is 226 Å². The summed E-state index contributed by atoms with van der Waals surface area (Å²) in [7, 11) is 0. The molecule has 0 bridgehead atoms. The van der Waals surface area contributed by atoms with Gasteiger partial charge in [0.15, 0.2) is 11.4 Å². The highest BCUT2D eigenvalue weighted by Crippen LogP contribution is 2.42. The molecule has 9 nitrogen and oxygen atoms in total. The van der Waals surface area contributed by atoms with Crippen LogP contribution in [-0.2, 0) is 0 Å². The van der Waals surface area contributed by atoms with Crippen LogP contribution in [0, 0.1) is 5.41 Å². The Balaban J connectivity index is 1.28. The van der Waals surface area contributed by atoms with Crippen molar-refractivity contribution in [2.75, 3.05) is 23.7 Å². The highest BCUT2D eigenvalue weighted by atomic mass is 16.4. The fraction of sp³-hybridized carbons (Fsp3) is 0.367. The molecule has 0 unspecified atom stereocenters. The maximum Gasteiger partial charge on any atom is 0.301 e. The molecule has 7 rings (SSSR count). The van der Waals surface area contributed by atoms with Gasteiger partial charge in [0.05, 0.1) is 11.7 Å². The number of piperidine rings is 1. The summed E-state index contributed by atoms with van der Waals surface area (Å²) >= 11 is 0. The fourth-order valence-electron chi connectivity index (χ4n) is 5.65. The van der Waals surface area contributed by atoms with E-state index in [-0.39, 0.29) is 5.41 Å². The molecule has 5 heterocycles. The summed E-state index contributed by atoms with van der Waals surface area (Å²) in [6.07, 6.45) is 10.3. The minimum atomic E-state index is 0.0900. The lowest BCUT2D eigenvalue weighted by atomic mass is 9.78. The first-order valence-corrected chi connectivity index (χ1v) is 13.8. The van der Waals surface area contributed by atoms with E-state index in [9.17, 15) is 0 Å². The Kier molecular flexibility index (Phi) is 5.88. The number of pyridine rings is 2. The largest absolute Gasteiger partial charge is 0.423 e. The Bertz CT molecular complexity index is 1630. The predicted octanol–water partition coefficient (Wildman–Crippen LogP) is 6.04. The molecule has 4 aromatic heterocycles. The quantitative estimate of drug-likeness (QED) is 0.247. The molecule has 39 heavy (non-hydrogen) atoms. The van der Waals surface area contributed by atoms with Crippen LogP contribution in [0.2, 0.25) is 0 Å². The smallest absolute Gasteiger partial charge is 0.301 e. The van der Waals surface area contributed by atoms with Gasteiger partial charge in [-0.05, 0) is 67.0 Å². The predicted molar refractivity (Wildman–Crippen MR) is 153 cm³/mol. The molecule has 1 saturated carbocycles. The minimum Gasteiger partial charge on any atom is -0.423 e. The topological polar surface area (TPSA) is 114 Å². The zero-order chi connectivity index (χ0) is 26.4. The van der Waals surface area contributed by atoms with Crippen molar-refractivity contribution in [1.29, 1.82) is 0 Å². The Morgan fingerprint density at radius 3 is 2.72 bits per heavy atom. The van der Waals surface area contributed by atoms with Crippen LogP contribution in [-0.4, -0.2) is 44.1 Å². The number of anilines is 3. The second-order valence-corrected chi connectivity index (χ2v) is 11.3. The van der Waals surface area contributed by atoms with E-state index in [1.807, 2.05) is 48.8 Å². The second kappa shape index (κ2) is 9.57. The monoisotopic (exact) mass is 520 g/mol. The van der Waals surface area contributed by atoms with E-state index in [4.69, 9.17) is 14.4 Å². The minimum absolute atomic E-state index is 0.0900. The molecule has 1 aliphatic heterocycles. The van der Waals surface area contributed by atoms with Crippen molar-refractivity contribution >= 4 is 39.7 Å². The van der Waals surface area contributed by atoms with Crippen LogP contribution in [0.3, 0.4) is 0 Å². The van der Waals surface area contributed by atoms with Crippen molar-refractivity contribution in [2.45, 2.75) is 51.5 Å². The maximum absolute atomic E-state index is 5.83. The molecule has 3 N–H and O–H groups in total. The van der Waals surface area contributed by atoms with Crippen molar-refractivity contribution in [3.63, 3.8) is 0 Å². The third-order valence-electron chi connectivity index (χ3n) is 8.17. The van der Waals surface area contributed by atoms with E-state index >= 15 is 0 Å². The highest BCUT2D eigenvalue weighted by Gasteiger charge is 2.33. The van der Waals surface area contributed by atoms with Crippen LogP contribution in [0.4, 0.5) is 17.7 Å². The van der Waals surface area contributed by atoms with Crippen LogP contribution in [0.15, 0.2) is 59.4 Å². The number of hydrogen-bond donors (Lipinski definition) is 3. The first kappa shape index (κ1) is 24.0. The summed E-state index contributed by atoms with van der Waals surface area (Å²) in [5, 5.41) is 11.7. The lowest BCUT2D eigenvalue weighted by Crippen LogP contribution is -2.49. The summed E-state index contributed by atoms with van der Waals surface area (Å²) in [6, 6.07) is 12.2. The summed E-state index contributed by atoms with van der Waals surface area (Å²) < 4.78 is 5.83. The Morgan fingerprint density at radius 1 is 1.00 bits per heavy atom. The highest BCUT2D eigenvalue weighted by molar-refractivity contribution is 5.93. The van der Waals surface area contributed by atoms with Crippen LogP contribution < -0.4 is 16.0 Å². The number of fused-ring (bicyclic) bond motifs is 2. The van der Waals surface area contributed by atoms with Gasteiger partial charge in [-0.1, -0.05) is 32.4 Å². The van der Waals surface area contributed by atoms with Gasteiger partial charge in [-0.2, -0.15) is 4.98 Å². The van der Waals surface area contributed by atoms with Gasteiger partial charge >= 0.3 is 6.01 Å². The van der Waals surface area contributed by atoms with E-state index < -0.39 is 0 Å². The van der Waals surface area contributed by atoms with Crippen molar-refractivity contribution in [3.8, 4) is 11.4 Å². The second-order valence-electron chi connectivity index (χ2n) is 11.3. The van der Waals surface area contributed by atoms with Gasteiger partial charge < -0.3 is 15.1 Å². The van der Waals surface area contributed by atoms with Gasteiger partial charge in [0, 0.05) is 35.9 Å². The van der Waals surface area contributed by atoms with Crippen molar-refractivity contribution in [1.82, 2.24) is 30.2 Å². The normalized spacial score (nSPS) is 19.2. The van der Waals surface area contributed by atoms with E-state index in [2.05, 4.69) is 44.7 Å². The first-order valence-electron chi connectivity index (χ1n) is 13.8. The SMILES string of the molecule is CC1(C)CNCC[C@@H]1Nc1nc(-c2ccnc(Nc3nc4ccccc4o3)c2)nc2cncc(C3CCC3)c12. The number of nitrogens with one attached hydrogen (secondary N) is 3. The van der Waals surface area contributed by atoms with Crippen LogP contribution in [0.5, 0.6) is 0 Å². The maximum atomic E-state index is 5.83. The lowest BCUT2D eigenvalue weighted by Gasteiger charge is -2.40. The first-order chi connectivity index (χ1) is 19.0. The van der Waals surface area contributed by atoms with Gasteiger partial charge in [-0.15, -0.1) is 0 Å². The molecule has 2 aliphatic rings. The molecule has 1 aliphatic carbocycles. The van der Waals surface area contributed by atoms with Crippen LogP contribution >= 0.6 is 0 Å². The third-order valence-corrected chi connectivity index (χ3v) is 8.17. The fourth-order valence-corrected chi connectivity index (χ4v) is 5.65. The molecule has 1 aromatic carbocycles. The summed E-state index contributed by atoms with van der Waals surface area (Å²) in [4.78, 5) is 23.7. The molecule has 5 aromatic rings. The molecular formula is C30H32N8O. The van der Waals surface area contributed by atoms with Gasteiger partial charge in [0.2, 0.25) is 0 Å². The summed E-state index contributed by atoms with van der Waals surface area (Å²) in [6.45, 7) is 6.57. The summed E-state index contributed by atoms with van der Waals surface area (Å²) in [5.41, 5.74) is 4.58. The van der Waals surface area contributed by atoms with Crippen molar-refractivity contribution in [2.24, 2.45) is 5.41 Å². The molecule has 1 atom stereocenters. The number of oxazole rings is 1. The Morgan fingerprint density at radius 2 is 1.90 bits per heavy atom. The van der Waals surface area contributed by atoms with Gasteiger partial charge in [-0.3, -0.25) is 10.3 Å². The number of aromatic nitrogens is 5. The van der Waals surface area contributed by atoms with E-state index in [0.717, 1.165) is 52.9 Å². The molecule has 2 fully saturated rings. The van der Waals surface area contributed by atoms with Crippen molar-refractivity contribution in [3.05, 3.63) is 60.6 Å². The van der Waals surface area contributed by atoms with E-state index in [1.165, 1.54) is 24.8 Å². The standard InChI is InChI=1S/C30H32N8O/c1-30(2)17-31-12-11-24(30)36-28-26-20(18-6-5-7-18)15-32-16-22(26)34-27(38-28)19-10-13-33-25(14-19)37-29-35-21-8-3-4-9-23(21)39-29/h3-4,8-10,13-16,18,24,31H,5-7,11-12,17H2,1-2H3,(H,33,35,37)(H,34,36,38)/t24-/m0/s1. The lowest BCUT2D eigenvalue weighted by molar-refractivity contribution is 0.236. The molecule has 0 amide bonds. The van der Waals surface area contributed by atoms with Crippen molar-refractivity contribution < 1.29 is 4.42 Å². The van der Waals surface area contributed by atoms with Crippen LogP contribution in [0.25, 0.3) is 33.4 Å². The zero-order valence-electron chi connectivity index (χ0n) is 22.2. The molecule has 0 spiro atoms. The average molecular weight is 521 g/mol. The third kappa shape index (κ3) is 4.57. The van der Waals surface area contributed by atoms with E-state index in [1.54, 1.807) is 6.20 Å². The average Bonchev–Trinajstić information content (AvgIpc) is 3.31. The number of rotatable bonds is 6. The molecular weight excluding hydrogens is 488 g/mol. The Hall–Kier alpha value is -4.11. The molecule has 198 valence electrons. The van der Waals surface area contributed by atoms with Gasteiger partial charge in [-0.25, -0.2) is 15.0 Å².